The number of likely N-dealkylation sites (N-methyl/N-ethyl adjacent to an activating group) is 1. The maximum absolute atomic E-state index is 11.2. The number of aromatic nitrogens is 2. The molecule has 3 aromatic carbocycles. The summed E-state index contributed by atoms with van der Waals surface area (Å²) in [6.07, 6.45) is 3.66. The average molecular weight is 448 g/mol. The molecule has 2 heterocycles. The summed E-state index contributed by atoms with van der Waals surface area (Å²) in [4.78, 5) is 22.1. The van der Waals surface area contributed by atoms with E-state index in [1.165, 1.54) is 11.1 Å². The molecule has 0 amide bonds. The van der Waals surface area contributed by atoms with Gasteiger partial charge in [-0.3, -0.25) is 9.78 Å². The van der Waals surface area contributed by atoms with Gasteiger partial charge in [-0.15, -0.1) is 0 Å². The molecule has 5 rings (SSSR count). The Kier molecular flexibility index (Phi) is 5.91. The first-order valence-corrected chi connectivity index (χ1v) is 11.3. The van der Waals surface area contributed by atoms with E-state index < -0.39 is 5.97 Å². The van der Waals surface area contributed by atoms with E-state index in [-0.39, 0.29) is 6.54 Å². The van der Waals surface area contributed by atoms with Gasteiger partial charge in [0.15, 0.2) is 0 Å². The molecule has 0 unspecified atom stereocenters. The molecule has 0 saturated heterocycles. The van der Waals surface area contributed by atoms with Gasteiger partial charge in [0.2, 0.25) is 0 Å². The minimum atomic E-state index is -0.884. The average Bonchev–Trinajstić information content (AvgIpc) is 2.86. The second-order valence-electron chi connectivity index (χ2n) is 8.53. The number of nitrogens with zero attached hydrogens (tertiary/aromatic N) is 3. The van der Waals surface area contributed by atoms with Gasteiger partial charge in [0.25, 0.3) is 0 Å². The van der Waals surface area contributed by atoms with Gasteiger partial charge < -0.3 is 10.0 Å². The number of fused-ring (bicyclic) bond motifs is 2. The van der Waals surface area contributed by atoms with E-state index in [9.17, 15) is 9.90 Å². The van der Waals surface area contributed by atoms with Gasteiger partial charge in [-0.2, -0.15) is 0 Å². The lowest BCUT2D eigenvalue weighted by Gasteiger charge is -2.18. The molecular formula is C29H25N3O2. The Morgan fingerprint density at radius 2 is 1.62 bits per heavy atom. The molecule has 0 aliphatic rings. The molecule has 0 aliphatic carbocycles. The number of hydrogen-bond donors (Lipinski definition) is 1. The van der Waals surface area contributed by atoms with E-state index >= 15 is 0 Å². The van der Waals surface area contributed by atoms with E-state index in [0.717, 1.165) is 45.8 Å². The topological polar surface area (TPSA) is 66.3 Å². The van der Waals surface area contributed by atoms with Crippen LogP contribution < -0.4 is 4.90 Å². The highest BCUT2D eigenvalue weighted by Gasteiger charge is 2.13. The molecule has 0 bridgehead atoms. The van der Waals surface area contributed by atoms with E-state index in [2.05, 4.69) is 53.5 Å². The quantitative estimate of drug-likeness (QED) is 0.344. The van der Waals surface area contributed by atoms with Crippen molar-refractivity contribution in [2.45, 2.75) is 12.8 Å². The van der Waals surface area contributed by atoms with Gasteiger partial charge in [-0.05, 0) is 65.4 Å². The number of hydrogen-bond acceptors (Lipinski definition) is 4. The fourth-order valence-electron chi connectivity index (χ4n) is 4.31. The Bertz CT molecular complexity index is 1480. The van der Waals surface area contributed by atoms with Crippen molar-refractivity contribution >= 4 is 33.6 Å². The number of aryl methyl sites for hydroxylation is 2. The predicted octanol–water partition coefficient (Wildman–Crippen LogP) is 5.76. The summed E-state index contributed by atoms with van der Waals surface area (Å²) < 4.78 is 0. The zero-order valence-corrected chi connectivity index (χ0v) is 19.0. The van der Waals surface area contributed by atoms with Gasteiger partial charge in [0.05, 0.1) is 11.0 Å². The Balaban J connectivity index is 1.49. The number of rotatable bonds is 7. The number of benzene rings is 3. The third kappa shape index (κ3) is 4.59. The van der Waals surface area contributed by atoms with Crippen LogP contribution in [0.3, 0.4) is 0 Å². The van der Waals surface area contributed by atoms with Crippen molar-refractivity contribution in [3.8, 4) is 11.1 Å². The van der Waals surface area contributed by atoms with Gasteiger partial charge in [0, 0.05) is 24.0 Å². The molecule has 0 atom stereocenters. The van der Waals surface area contributed by atoms with Crippen molar-refractivity contribution in [3.63, 3.8) is 0 Å². The van der Waals surface area contributed by atoms with Crippen molar-refractivity contribution in [3.05, 3.63) is 102 Å². The molecule has 0 saturated carbocycles. The number of carboxylic acid groups (broad SMARTS) is 1. The lowest BCUT2D eigenvalue weighted by Crippen LogP contribution is -2.26. The van der Waals surface area contributed by atoms with E-state index in [1.54, 1.807) is 11.9 Å². The monoisotopic (exact) mass is 447 g/mol. The highest BCUT2D eigenvalue weighted by atomic mass is 16.4. The summed E-state index contributed by atoms with van der Waals surface area (Å²) in [6.45, 7) is -0.106. The van der Waals surface area contributed by atoms with Crippen LogP contribution in [-0.2, 0) is 17.6 Å². The van der Waals surface area contributed by atoms with Crippen LogP contribution in [0, 0.1) is 0 Å². The van der Waals surface area contributed by atoms with Gasteiger partial charge in [0.1, 0.15) is 12.4 Å². The third-order valence-electron chi connectivity index (χ3n) is 6.08. The first-order valence-electron chi connectivity index (χ1n) is 11.3. The fraction of sp³-hybridized carbons (Fsp3) is 0.138. The number of anilines is 1. The summed E-state index contributed by atoms with van der Waals surface area (Å²) in [7, 11) is 1.75. The SMILES string of the molecule is CN(CC(=O)O)c1cc(-c2ccccc2)c2cc(CCc3ccc4cccnc4c3)ccc2n1. The Hall–Kier alpha value is -4.25. The highest BCUT2D eigenvalue weighted by molar-refractivity contribution is 5.96. The largest absolute Gasteiger partial charge is 0.480 e. The minimum absolute atomic E-state index is 0.106. The van der Waals surface area contributed by atoms with Crippen molar-refractivity contribution in [2.75, 3.05) is 18.5 Å². The zero-order valence-electron chi connectivity index (χ0n) is 19.0. The number of pyridine rings is 2. The van der Waals surface area contributed by atoms with Crippen LogP contribution in [0.2, 0.25) is 0 Å². The molecule has 5 aromatic rings. The van der Waals surface area contributed by atoms with Crippen LogP contribution >= 0.6 is 0 Å². The first-order chi connectivity index (χ1) is 16.6. The zero-order chi connectivity index (χ0) is 23.5. The Morgan fingerprint density at radius 3 is 2.41 bits per heavy atom. The summed E-state index contributed by atoms with van der Waals surface area (Å²) in [6, 6.07) is 29.0. The molecule has 5 heteroatoms. The van der Waals surface area contributed by atoms with Crippen molar-refractivity contribution in [1.82, 2.24) is 9.97 Å². The van der Waals surface area contributed by atoms with E-state index in [1.807, 2.05) is 42.6 Å². The molecule has 0 radical (unpaired) electrons. The van der Waals surface area contributed by atoms with Crippen LogP contribution in [0.4, 0.5) is 5.82 Å². The standard InChI is InChI=1S/C29H25N3O2/c1-32(19-29(33)34)28-18-24(22-6-3-2-4-7-22)25-16-20(12-14-26(25)31-28)9-10-21-11-13-23-8-5-15-30-27(23)17-21/h2-8,11-18H,9-10,19H2,1H3,(H,33,34). The lowest BCUT2D eigenvalue weighted by atomic mass is 9.97. The smallest absolute Gasteiger partial charge is 0.323 e. The van der Waals surface area contributed by atoms with Crippen LogP contribution in [0.1, 0.15) is 11.1 Å². The summed E-state index contributed by atoms with van der Waals surface area (Å²) in [5.74, 6) is -0.241. The number of aliphatic carboxylic acids is 1. The first kappa shape index (κ1) is 21.6. The normalized spacial score (nSPS) is 11.1. The van der Waals surface area contributed by atoms with Crippen LogP contribution in [0.25, 0.3) is 32.9 Å². The maximum Gasteiger partial charge on any atom is 0.323 e. The number of carbonyl (C=O) groups is 1. The fourth-order valence-corrected chi connectivity index (χ4v) is 4.31. The highest BCUT2D eigenvalue weighted by Crippen LogP contribution is 2.32. The van der Waals surface area contributed by atoms with Gasteiger partial charge in [-0.25, -0.2) is 4.98 Å². The Labute approximate surface area is 198 Å². The summed E-state index contributed by atoms with van der Waals surface area (Å²) in [5, 5.41) is 11.4. The molecule has 0 spiro atoms. The van der Waals surface area contributed by atoms with Gasteiger partial charge in [-0.1, -0.05) is 54.6 Å². The maximum atomic E-state index is 11.2. The molecule has 1 N–H and O–H groups in total. The van der Waals surface area contributed by atoms with Gasteiger partial charge >= 0.3 is 5.97 Å². The molecule has 34 heavy (non-hydrogen) atoms. The van der Waals surface area contributed by atoms with Crippen molar-refractivity contribution in [1.29, 1.82) is 0 Å². The minimum Gasteiger partial charge on any atom is -0.480 e. The van der Waals surface area contributed by atoms with Crippen LogP contribution in [0.5, 0.6) is 0 Å². The summed E-state index contributed by atoms with van der Waals surface area (Å²) >= 11 is 0. The number of carboxylic acids is 1. The van der Waals surface area contributed by atoms with Crippen LogP contribution in [0.15, 0.2) is 91.1 Å². The summed E-state index contributed by atoms with van der Waals surface area (Å²) in [5.41, 5.74) is 6.50. The second-order valence-corrected chi connectivity index (χ2v) is 8.53. The molecule has 168 valence electrons. The molecule has 2 aromatic heterocycles. The second kappa shape index (κ2) is 9.32. The van der Waals surface area contributed by atoms with Crippen LogP contribution in [-0.4, -0.2) is 34.6 Å². The molecule has 5 nitrogen and oxygen atoms in total. The van der Waals surface area contributed by atoms with E-state index in [4.69, 9.17) is 4.98 Å². The Morgan fingerprint density at radius 1 is 0.853 bits per heavy atom. The molecule has 0 aliphatic heterocycles. The van der Waals surface area contributed by atoms with Crippen molar-refractivity contribution < 1.29 is 9.90 Å². The third-order valence-corrected chi connectivity index (χ3v) is 6.08. The van der Waals surface area contributed by atoms with E-state index in [0.29, 0.717) is 5.82 Å². The van der Waals surface area contributed by atoms with Crippen molar-refractivity contribution in [2.24, 2.45) is 0 Å². The lowest BCUT2D eigenvalue weighted by molar-refractivity contribution is -0.135. The molecular weight excluding hydrogens is 422 g/mol. The predicted molar refractivity (Wildman–Crippen MR) is 137 cm³/mol. The molecule has 0 fully saturated rings.